The number of hydrogen-bond donors (Lipinski definition) is 1. The first-order valence-corrected chi connectivity index (χ1v) is 9.68. The number of hydrogen-bond acceptors (Lipinski definition) is 3. The van der Waals surface area contributed by atoms with Crippen LogP contribution in [0.3, 0.4) is 0 Å². The molecular weight excluding hydrogens is 439 g/mol. The van der Waals surface area contributed by atoms with Gasteiger partial charge in [0.25, 0.3) is 0 Å². The zero-order valence-electron chi connectivity index (χ0n) is 17.3. The smallest absolute Gasteiger partial charge is 0.193 e. The molecule has 26 heavy (non-hydrogen) atoms. The molecule has 1 aliphatic rings. The maximum Gasteiger partial charge on any atom is 0.193 e. The van der Waals surface area contributed by atoms with Crippen molar-refractivity contribution in [1.82, 2.24) is 24.9 Å². The van der Waals surface area contributed by atoms with E-state index in [9.17, 15) is 0 Å². The minimum Gasteiger partial charge on any atom is -0.357 e. The Hall–Kier alpha value is -0.830. The van der Waals surface area contributed by atoms with Crippen LogP contribution in [0.25, 0.3) is 0 Å². The Balaban J connectivity index is 0.00000338. The predicted octanol–water partition coefficient (Wildman–Crippen LogP) is 2.90. The predicted molar refractivity (Wildman–Crippen MR) is 120 cm³/mol. The number of aryl methyl sites for hydroxylation is 1. The van der Waals surface area contributed by atoms with Crippen molar-refractivity contribution in [1.29, 1.82) is 0 Å². The Morgan fingerprint density at radius 1 is 1.42 bits per heavy atom. The monoisotopic (exact) mass is 476 g/mol. The molecule has 1 fully saturated rings. The third kappa shape index (κ3) is 6.40. The van der Waals surface area contributed by atoms with Crippen molar-refractivity contribution in [3.63, 3.8) is 0 Å². The number of guanidine groups is 1. The SMILES string of the molecule is CCNC(=NCC1CCN(CC)C1)N(C)Cc1cn(C)nc1C(C)C.I. The highest BCUT2D eigenvalue weighted by molar-refractivity contribution is 14.0. The molecule has 7 heteroatoms. The van der Waals surface area contributed by atoms with Crippen molar-refractivity contribution in [2.24, 2.45) is 18.0 Å². The molecule has 1 aromatic rings. The average molecular weight is 476 g/mol. The lowest BCUT2D eigenvalue weighted by molar-refractivity contribution is 0.343. The number of aromatic nitrogens is 2. The van der Waals surface area contributed by atoms with Gasteiger partial charge in [0.15, 0.2) is 5.96 Å². The summed E-state index contributed by atoms with van der Waals surface area (Å²) in [7, 11) is 4.11. The summed E-state index contributed by atoms with van der Waals surface area (Å²) in [4.78, 5) is 9.66. The molecule has 150 valence electrons. The molecule has 0 amide bonds. The highest BCUT2D eigenvalue weighted by Gasteiger charge is 2.21. The zero-order valence-corrected chi connectivity index (χ0v) is 19.7. The molecule has 1 atom stereocenters. The normalized spacial score (nSPS) is 18.3. The van der Waals surface area contributed by atoms with Crippen molar-refractivity contribution in [2.75, 3.05) is 39.8 Å². The second-order valence-electron chi connectivity index (χ2n) is 7.47. The van der Waals surface area contributed by atoms with E-state index < -0.39 is 0 Å². The molecule has 0 aromatic carbocycles. The Morgan fingerprint density at radius 3 is 2.73 bits per heavy atom. The van der Waals surface area contributed by atoms with Gasteiger partial charge in [0.1, 0.15) is 0 Å². The third-order valence-corrected chi connectivity index (χ3v) is 4.90. The van der Waals surface area contributed by atoms with E-state index in [2.05, 4.69) is 61.2 Å². The summed E-state index contributed by atoms with van der Waals surface area (Å²) in [6.45, 7) is 14.9. The zero-order chi connectivity index (χ0) is 18.4. The summed E-state index contributed by atoms with van der Waals surface area (Å²) < 4.78 is 1.92. The van der Waals surface area contributed by atoms with Crippen LogP contribution in [0.15, 0.2) is 11.2 Å². The molecule has 1 unspecified atom stereocenters. The molecule has 0 saturated carbocycles. The summed E-state index contributed by atoms with van der Waals surface area (Å²) in [5.41, 5.74) is 2.46. The first-order valence-electron chi connectivity index (χ1n) is 9.68. The second-order valence-corrected chi connectivity index (χ2v) is 7.47. The fraction of sp³-hybridized carbons (Fsp3) is 0.789. The van der Waals surface area contributed by atoms with Crippen LogP contribution in [0.4, 0.5) is 0 Å². The minimum atomic E-state index is 0. The molecule has 2 heterocycles. The summed E-state index contributed by atoms with van der Waals surface area (Å²) in [6, 6.07) is 0. The molecule has 6 nitrogen and oxygen atoms in total. The average Bonchev–Trinajstić information content (AvgIpc) is 3.17. The van der Waals surface area contributed by atoms with Gasteiger partial charge in [-0.15, -0.1) is 24.0 Å². The van der Waals surface area contributed by atoms with Crippen LogP contribution >= 0.6 is 24.0 Å². The van der Waals surface area contributed by atoms with Crippen LogP contribution in [-0.2, 0) is 13.6 Å². The van der Waals surface area contributed by atoms with Crippen molar-refractivity contribution in [2.45, 2.75) is 46.6 Å². The lowest BCUT2D eigenvalue weighted by atomic mass is 10.1. The van der Waals surface area contributed by atoms with Gasteiger partial charge in [0.2, 0.25) is 0 Å². The van der Waals surface area contributed by atoms with Gasteiger partial charge in [-0.05, 0) is 38.3 Å². The first-order chi connectivity index (χ1) is 11.9. The number of nitrogens with zero attached hydrogens (tertiary/aromatic N) is 5. The summed E-state index contributed by atoms with van der Waals surface area (Å²) >= 11 is 0. The van der Waals surface area contributed by atoms with E-state index in [1.54, 1.807) is 0 Å². The van der Waals surface area contributed by atoms with E-state index in [0.29, 0.717) is 11.8 Å². The van der Waals surface area contributed by atoms with Gasteiger partial charge in [-0.3, -0.25) is 9.67 Å². The minimum absolute atomic E-state index is 0. The Morgan fingerprint density at radius 2 is 2.15 bits per heavy atom. The van der Waals surface area contributed by atoms with Crippen LogP contribution in [0.1, 0.15) is 51.3 Å². The maximum atomic E-state index is 4.92. The van der Waals surface area contributed by atoms with Crippen LogP contribution < -0.4 is 5.32 Å². The van der Waals surface area contributed by atoms with Crippen LogP contribution in [0.2, 0.25) is 0 Å². The lowest BCUT2D eigenvalue weighted by Gasteiger charge is -2.23. The van der Waals surface area contributed by atoms with Crippen LogP contribution in [-0.4, -0.2) is 65.3 Å². The van der Waals surface area contributed by atoms with Crippen LogP contribution in [0, 0.1) is 5.92 Å². The second kappa shape index (κ2) is 11.1. The summed E-state index contributed by atoms with van der Waals surface area (Å²) in [5, 5.41) is 8.06. The largest absolute Gasteiger partial charge is 0.357 e. The number of likely N-dealkylation sites (tertiary alicyclic amines) is 1. The molecular formula is C19H37IN6. The van der Waals surface area contributed by atoms with Gasteiger partial charge < -0.3 is 15.1 Å². The van der Waals surface area contributed by atoms with Gasteiger partial charge >= 0.3 is 0 Å². The van der Waals surface area contributed by atoms with Crippen molar-refractivity contribution >= 4 is 29.9 Å². The number of aliphatic imine (C=N–C) groups is 1. The van der Waals surface area contributed by atoms with Gasteiger partial charge in [-0.1, -0.05) is 20.8 Å². The highest BCUT2D eigenvalue weighted by Crippen LogP contribution is 2.19. The molecule has 0 aliphatic carbocycles. The molecule has 2 rings (SSSR count). The highest BCUT2D eigenvalue weighted by atomic mass is 127. The Labute approximate surface area is 176 Å². The molecule has 1 aliphatic heterocycles. The van der Waals surface area contributed by atoms with Crippen LogP contribution in [0.5, 0.6) is 0 Å². The fourth-order valence-corrected chi connectivity index (χ4v) is 3.53. The van der Waals surface area contributed by atoms with Gasteiger partial charge in [0, 0.05) is 52.0 Å². The molecule has 1 saturated heterocycles. The fourth-order valence-electron chi connectivity index (χ4n) is 3.53. The van der Waals surface area contributed by atoms with Crippen molar-refractivity contribution in [3.8, 4) is 0 Å². The molecule has 1 N–H and O–H groups in total. The molecule has 1 aromatic heterocycles. The van der Waals surface area contributed by atoms with E-state index in [1.165, 1.54) is 30.8 Å². The van der Waals surface area contributed by atoms with Crippen molar-refractivity contribution < 1.29 is 0 Å². The molecule has 0 spiro atoms. The van der Waals surface area contributed by atoms with E-state index >= 15 is 0 Å². The third-order valence-electron chi connectivity index (χ3n) is 4.90. The van der Waals surface area contributed by atoms with E-state index in [4.69, 9.17) is 4.99 Å². The Kier molecular flexibility index (Phi) is 9.92. The summed E-state index contributed by atoms with van der Waals surface area (Å²) in [6.07, 6.45) is 3.39. The van der Waals surface area contributed by atoms with Gasteiger partial charge in [-0.2, -0.15) is 5.10 Å². The summed E-state index contributed by atoms with van der Waals surface area (Å²) in [5.74, 6) is 2.12. The Bertz CT molecular complexity index is 568. The van der Waals surface area contributed by atoms with E-state index in [0.717, 1.165) is 32.1 Å². The van der Waals surface area contributed by atoms with E-state index in [1.807, 2.05) is 11.7 Å². The molecule has 0 radical (unpaired) electrons. The lowest BCUT2D eigenvalue weighted by Crippen LogP contribution is -2.39. The first kappa shape index (κ1) is 23.2. The topological polar surface area (TPSA) is 48.7 Å². The van der Waals surface area contributed by atoms with Crippen molar-refractivity contribution in [3.05, 3.63) is 17.5 Å². The standard InChI is InChI=1S/C19H36N6.HI/c1-7-20-19(21-11-16-9-10-25(8-2)12-16)23(5)13-17-14-24(6)22-18(17)15(3)4;/h14-16H,7-13H2,1-6H3,(H,20,21);1H. The number of nitrogens with one attached hydrogen (secondary N) is 1. The number of rotatable bonds is 7. The quantitative estimate of drug-likeness (QED) is 0.374. The number of halogens is 1. The maximum absolute atomic E-state index is 4.92. The van der Waals surface area contributed by atoms with Gasteiger partial charge in [0.05, 0.1) is 5.69 Å². The van der Waals surface area contributed by atoms with E-state index in [-0.39, 0.29) is 24.0 Å². The van der Waals surface area contributed by atoms with Gasteiger partial charge in [-0.25, -0.2) is 0 Å². The molecule has 0 bridgehead atoms.